The summed E-state index contributed by atoms with van der Waals surface area (Å²) in [6, 6.07) is 0. The van der Waals surface area contributed by atoms with Gasteiger partial charge < -0.3 is 9.80 Å². The standard InChI is InChI=1S/C16H34N2/c1-5-7-16-8-12-18(13-9-16)11-6-10-17(4)14-15(2)3/h15-16H,5-14H2,1-4H3. The second-order valence-electron chi connectivity index (χ2n) is 6.58. The molecule has 1 rings (SSSR count). The third kappa shape index (κ3) is 6.75. The molecule has 108 valence electrons. The summed E-state index contributed by atoms with van der Waals surface area (Å²) in [5, 5.41) is 0. The molecule has 1 heterocycles. The molecule has 0 bridgehead atoms. The summed E-state index contributed by atoms with van der Waals surface area (Å²) in [6.07, 6.45) is 7.03. The summed E-state index contributed by atoms with van der Waals surface area (Å²) < 4.78 is 0. The molecular weight excluding hydrogens is 220 g/mol. The number of nitrogens with zero attached hydrogens (tertiary/aromatic N) is 2. The maximum atomic E-state index is 2.68. The van der Waals surface area contributed by atoms with Crippen LogP contribution in [-0.4, -0.2) is 49.6 Å². The van der Waals surface area contributed by atoms with Crippen LogP contribution in [0.5, 0.6) is 0 Å². The summed E-state index contributed by atoms with van der Waals surface area (Å²) in [5.74, 6) is 1.81. The van der Waals surface area contributed by atoms with Crippen LogP contribution < -0.4 is 0 Å². The van der Waals surface area contributed by atoms with E-state index in [0.717, 1.165) is 11.8 Å². The zero-order valence-corrected chi connectivity index (χ0v) is 13.1. The van der Waals surface area contributed by atoms with Crippen LogP contribution in [0.4, 0.5) is 0 Å². The molecule has 0 radical (unpaired) electrons. The normalized spacial score (nSPS) is 19.0. The van der Waals surface area contributed by atoms with Crippen molar-refractivity contribution in [3.05, 3.63) is 0 Å². The Hall–Kier alpha value is -0.0800. The van der Waals surface area contributed by atoms with Crippen LogP contribution >= 0.6 is 0 Å². The molecule has 18 heavy (non-hydrogen) atoms. The summed E-state index contributed by atoms with van der Waals surface area (Å²) in [6.45, 7) is 13.4. The molecule has 0 aliphatic carbocycles. The molecule has 0 N–H and O–H groups in total. The Balaban J connectivity index is 2.04. The van der Waals surface area contributed by atoms with Crippen molar-refractivity contribution >= 4 is 0 Å². The number of piperidine rings is 1. The van der Waals surface area contributed by atoms with Gasteiger partial charge in [0, 0.05) is 6.54 Å². The fraction of sp³-hybridized carbons (Fsp3) is 1.00. The monoisotopic (exact) mass is 254 g/mol. The first kappa shape index (κ1) is 16.0. The van der Waals surface area contributed by atoms with E-state index >= 15 is 0 Å². The van der Waals surface area contributed by atoms with Crippen molar-refractivity contribution in [1.29, 1.82) is 0 Å². The molecule has 1 saturated heterocycles. The summed E-state index contributed by atoms with van der Waals surface area (Å²) >= 11 is 0. The van der Waals surface area contributed by atoms with E-state index in [-0.39, 0.29) is 0 Å². The maximum absolute atomic E-state index is 2.68. The van der Waals surface area contributed by atoms with Gasteiger partial charge in [0.25, 0.3) is 0 Å². The van der Waals surface area contributed by atoms with E-state index in [1.54, 1.807) is 0 Å². The number of hydrogen-bond donors (Lipinski definition) is 0. The average molecular weight is 254 g/mol. The summed E-state index contributed by atoms with van der Waals surface area (Å²) in [4.78, 5) is 5.16. The lowest BCUT2D eigenvalue weighted by Crippen LogP contribution is -2.36. The van der Waals surface area contributed by atoms with E-state index < -0.39 is 0 Å². The van der Waals surface area contributed by atoms with E-state index in [0.29, 0.717) is 0 Å². The molecule has 0 saturated carbocycles. The van der Waals surface area contributed by atoms with Crippen molar-refractivity contribution in [2.24, 2.45) is 11.8 Å². The zero-order valence-electron chi connectivity index (χ0n) is 13.1. The van der Waals surface area contributed by atoms with Gasteiger partial charge in [0.2, 0.25) is 0 Å². The van der Waals surface area contributed by atoms with Crippen LogP contribution in [0.2, 0.25) is 0 Å². The largest absolute Gasteiger partial charge is 0.306 e. The highest BCUT2D eigenvalue weighted by Gasteiger charge is 2.17. The van der Waals surface area contributed by atoms with Crippen LogP contribution in [0.1, 0.15) is 52.9 Å². The highest BCUT2D eigenvalue weighted by Crippen LogP contribution is 2.21. The molecular formula is C16H34N2. The quantitative estimate of drug-likeness (QED) is 0.654. The second kappa shape index (κ2) is 8.92. The van der Waals surface area contributed by atoms with Crippen molar-refractivity contribution in [2.75, 3.05) is 39.8 Å². The van der Waals surface area contributed by atoms with E-state index in [1.165, 1.54) is 64.8 Å². The Labute approximate surface area is 115 Å². The van der Waals surface area contributed by atoms with Crippen LogP contribution in [0.15, 0.2) is 0 Å². The van der Waals surface area contributed by atoms with E-state index in [9.17, 15) is 0 Å². The van der Waals surface area contributed by atoms with Crippen molar-refractivity contribution in [2.45, 2.75) is 52.9 Å². The lowest BCUT2D eigenvalue weighted by Gasteiger charge is -2.32. The van der Waals surface area contributed by atoms with Crippen LogP contribution in [0.3, 0.4) is 0 Å². The average Bonchev–Trinajstić information content (AvgIpc) is 2.31. The third-order valence-electron chi connectivity index (χ3n) is 4.10. The third-order valence-corrected chi connectivity index (χ3v) is 4.10. The molecule has 0 spiro atoms. The molecule has 2 heteroatoms. The van der Waals surface area contributed by atoms with Crippen molar-refractivity contribution in [3.8, 4) is 0 Å². The Morgan fingerprint density at radius 3 is 2.44 bits per heavy atom. The zero-order chi connectivity index (χ0) is 13.4. The summed E-state index contributed by atoms with van der Waals surface area (Å²) in [7, 11) is 2.26. The Morgan fingerprint density at radius 1 is 1.22 bits per heavy atom. The van der Waals surface area contributed by atoms with Crippen LogP contribution in [0, 0.1) is 11.8 Å². The van der Waals surface area contributed by atoms with Gasteiger partial charge in [-0.2, -0.15) is 0 Å². The maximum Gasteiger partial charge on any atom is 0.000134 e. The lowest BCUT2D eigenvalue weighted by molar-refractivity contribution is 0.168. The lowest BCUT2D eigenvalue weighted by atomic mass is 9.92. The first-order chi connectivity index (χ1) is 8.61. The minimum Gasteiger partial charge on any atom is -0.306 e. The number of hydrogen-bond acceptors (Lipinski definition) is 2. The smallest absolute Gasteiger partial charge is 0.000134 e. The molecule has 0 aromatic heterocycles. The fourth-order valence-corrected chi connectivity index (χ4v) is 3.19. The second-order valence-corrected chi connectivity index (χ2v) is 6.58. The minimum atomic E-state index is 0.791. The van der Waals surface area contributed by atoms with Crippen LogP contribution in [0.25, 0.3) is 0 Å². The van der Waals surface area contributed by atoms with E-state index in [4.69, 9.17) is 0 Å². The van der Waals surface area contributed by atoms with Gasteiger partial charge in [-0.15, -0.1) is 0 Å². The highest BCUT2D eigenvalue weighted by atomic mass is 15.1. The number of rotatable bonds is 8. The van der Waals surface area contributed by atoms with Gasteiger partial charge in [0.1, 0.15) is 0 Å². The molecule has 0 amide bonds. The molecule has 0 unspecified atom stereocenters. The molecule has 1 aliphatic heterocycles. The Morgan fingerprint density at radius 2 is 1.89 bits per heavy atom. The van der Waals surface area contributed by atoms with E-state index in [1.807, 2.05) is 0 Å². The van der Waals surface area contributed by atoms with Crippen molar-refractivity contribution < 1.29 is 0 Å². The molecule has 1 aliphatic rings. The first-order valence-corrected chi connectivity index (χ1v) is 8.02. The molecule has 0 atom stereocenters. The van der Waals surface area contributed by atoms with Gasteiger partial charge in [0.05, 0.1) is 0 Å². The van der Waals surface area contributed by atoms with Gasteiger partial charge in [-0.05, 0) is 64.3 Å². The predicted octanol–water partition coefficient (Wildman–Crippen LogP) is 3.48. The molecule has 0 aromatic rings. The fourth-order valence-electron chi connectivity index (χ4n) is 3.19. The topological polar surface area (TPSA) is 6.48 Å². The number of likely N-dealkylation sites (tertiary alicyclic amines) is 1. The molecule has 0 aromatic carbocycles. The minimum absolute atomic E-state index is 0.791. The Kier molecular flexibility index (Phi) is 7.92. The predicted molar refractivity (Wildman–Crippen MR) is 81.0 cm³/mol. The van der Waals surface area contributed by atoms with Gasteiger partial charge >= 0.3 is 0 Å². The molecule has 1 fully saturated rings. The summed E-state index contributed by atoms with van der Waals surface area (Å²) in [5.41, 5.74) is 0. The SMILES string of the molecule is CCCC1CCN(CCCN(C)CC(C)C)CC1. The van der Waals surface area contributed by atoms with E-state index in [2.05, 4.69) is 37.6 Å². The first-order valence-electron chi connectivity index (χ1n) is 8.02. The van der Waals surface area contributed by atoms with Gasteiger partial charge in [0.15, 0.2) is 0 Å². The molecule has 2 nitrogen and oxygen atoms in total. The Bertz CT molecular complexity index is 195. The van der Waals surface area contributed by atoms with Crippen LogP contribution in [-0.2, 0) is 0 Å². The van der Waals surface area contributed by atoms with Gasteiger partial charge in [-0.1, -0.05) is 33.6 Å². The van der Waals surface area contributed by atoms with Crippen molar-refractivity contribution in [1.82, 2.24) is 9.80 Å². The highest BCUT2D eigenvalue weighted by molar-refractivity contribution is 4.72. The van der Waals surface area contributed by atoms with Gasteiger partial charge in [-0.25, -0.2) is 0 Å². The van der Waals surface area contributed by atoms with Gasteiger partial charge in [-0.3, -0.25) is 0 Å². The van der Waals surface area contributed by atoms with Crippen molar-refractivity contribution in [3.63, 3.8) is 0 Å².